The lowest BCUT2D eigenvalue weighted by Crippen LogP contribution is -2.29. The van der Waals surface area contributed by atoms with E-state index in [2.05, 4.69) is 27.7 Å². The Balaban J connectivity index is 2.48. The van der Waals surface area contributed by atoms with Gasteiger partial charge in [0.15, 0.2) is 6.10 Å². The lowest BCUT2D eigenvalue weighted by atomic mass is 9.95. The van der Waals surface area contributed by atoms with Crippen molar-refractivity contribution in [1.82, 2.24) is 0 Å². The zero-order valence-electron chi connectivity index (χ0n) is 36.6. The van der Waals surface area contributed by atoms with Crippen LogP contribution in [0.5, 0.6) is 5.75 Å². The third-order valence-corrected chi connectivity index (χ3v) is 10.3. The fraction of sp³-hybridized carbons (Fsp3) is 0.787. The minimum absolute atomic E-state index is 0.0199. The van der Waals surface area contributed by atoms with Crippen LogP contribution >= 0.6 is 0 Å². The highest BCUT2D eigenvalue weighted by atomic mass is 16.6. The van der Waals surface area contributed by atoms with E-state index in [4.69, 9.17) is 28.4 Å². The van der Waals surface area contributed by atoms with Gasteiger partial charge in [0.1, 0.15) is 12.4 Å². The molecule has 1 rings (SSSR count). The molecule has 0 aliphatic heterocycles. The highest BCUT2D eigenvalue weighted by molar-refractivity contribution is 5.73. The van der Waals surface area contributed by atoms with Gasteiger partial charge in [0.2, 0.25) is 0 Å². The Morgan fingerprint density at radius 2 is 0.982 bits per heavy atom. The smallest absolute Gasteiger partial charge is 0.308 e. The monoisotopic (exact) mass is 805 g/mol. The molecule has 3 atom stereocenters. The first-order valence-corrected chi connectivity index (χ1v) is 22.7. The summed E-state index contributed by atoms with van der Waals surface area (Å²) in [5.74, 6) is -0.240. The number of esters is 4. The largest absolute Gasteiger partial charge is 0.497 e. The normalized spacial score (nSPS) is 12.7. The second-order valence-corrected chi connectivity index (χ2v) is 15.5. The van der Waals surface area contributed by atoms with Crippen molar-refractivity contribution in [3.63, 3.8) is 0 Å². The van der Waals surface area contributed by atoms with Gasteiger partial charge in [0.25, 0.3) is 0 Å². The molecule has 57 heavy (non-hydrogen) atoms. The predicted molar refractivity (Wildman–Crippen MR) is 226 cm³/mol. The van der Waals surface area contributed by atoms with Crippen LogP contribution in [0.1, 0.15) is 187 Å². The lowest BCUT2D eigenvalue weighted by Gasteiger charge is -2.18. The standard InChI is InChI=1S/C47H80O10/c1-6-10-14-18-26-40(24-12-8-3)46(50)54-34-22-16-20-28-44(48)56-38-43(37-53-36-39-30-32-42(52-5)33-31-39)57-45(49)29-21-17-23-35-55-47(51)41(25-13-9-4)27-19-15-11-7-2/h30-33,40-41,43H,6-29,34-38H2,1-5H3/t40?,41?,43-/m0/s1. The van der Waals surface area contributed by atoms with Crippen molar-refractivity contribution in [3.05, 3.63) is 29.8 Å². The van der Waals surface area contributed by atoms with E-state index in [-0.39, 0.29) is 61.8 Å². The van der Waals surface area contributed by atoms with Crippen LogP contribution in [0, 0.1) is 11.8 Å². The maximum Gasteiger partial charge on any atom is 0.308 e. The number of carbonyl (C=O) groups excluding carboxylic acids is 4. The Hall–Kier alpha value is -3.14. The summed E-state index contributed by atoms with van der Waals surface area (Å²) >= 11 is 0. The number of hydrogen-bond acceptors (Lipinski definition) is 10. The number of carbonyl (C=O) groups is 4. The van der Waals surface area contributed by atoms with Crippen molar-refractivity contribution < 1.29 is 47.6 Å². The van der Waals surface area contributed by atoms with E-state index < -0.39 is 6.10 Å². The van der Waals surface area contributed by atoms with Gasteiger partial charge in [0.05, 0.1) is 45.4 Å². The van der Waals surface area contributed by atoms with Crippen LogP contribution in [-0.2, 0) is 49.5 Å². The van der Waals surface area contributed by atoms with E-state index >= 15 is 0 Å². The van der Waals surface area contributed by atoms with Gasteiger partial charge in [-0.25, -0.2) is 0 Å². The quantitative estimate of drug-likeness (QED) is 0.0362. The highest BCUT2D eigenvalue weighted by Crippen LogP contribution is 2.21. The van der Waals surface area contributed by atoms with Crippen LogP contribution in [0.3, 0.4) is 0 Å². The molecule has 1 aromatic carbocycles. The van der Waals surface area contributed by atoms with Crippen LogP contribution in [-0.4, -0.2) is 63.5 Å². The van der Waals surface area contributed by atoms with Gasteiger partial charge in [0, 0.05) is 12.8 Å². The van der Waals surface area contributed by atoms with Crippen molar-refractivity contribution in [1.29, 1.82) is 0 Å². The zero-order valence-corrected chi connectivity index (χ0v) is 36.6. The molecule has 0 aliphatic carbocycles. The molecule has 0 amide bonds. The van der Waals surface area contributed by atoms with Crippen molar-refractivity contribution in [2.45, 2.75) is 195 Å². The molecule has 1 aromatic rings. The van der Waals surface area contributed by atoms with Gasteiger partial charge < -0.3 is 28.4 Å². The summed E-state index contributed by atoms with van der Waals surface area (Å²) in [5.41, 5.74) is 0.931. The van der Waals surface area contributed by atoms with Gasteiger partial charge in [-0.3, -0.25) is 19.2 Å². The third-order valence-electron chi connectivity index (χ3n) is 10.3. The fourth-order valence-corrected chi connectivity index (χ4v) is 6.62. The van der Waals surface area contributed by atoms with Crippen molar-refractivity contribution >= 4 is 23.9 Å². The molecular weight excluding hydrogens is 725 g/mol. The summed E-state index contributed by atoms with van der Waals surface area (Å²) in [4.78, 5) is 50.9. The van der Waals surface area contributed by atoms with Crippen LogP contribution in [0.2, 0.25) is 0 Å². The van der Waals surface area contributed by atoms with Gasteiger partial charge in [-0.15, -0.1) is 0 Å². The first-order valence-electron chi connectivity index (χ1n) is 22.7. The first kappa shape index (κ1) is 51.9. The second kappa shape index (κ2) is 36.0. The molecule has 0 aromatic heterocycles. The maximum atomic E-state index is 12.8. The van der Waals surface area contributed by atoms with E-state index in [0.29, 0.717) is 45.5 Å². The van der Waals surface area contributed by atoms with Crippen molar-refractivity contribution in [2.24, 2.45) is 11.8 Å². The number of ether oxygens (including phenoxy) is 6. The molecule has 0 spiro atoms. The van der Waals surface area contributed by atoms with Crippen LogP contribution < -0.4 is 4.74 Å². The van der Waals surface area contributed by atoms with Gasteiger partial charge in [-0.2, -0.15) is 0 Å². The van der Waals surface area contributed by atoms with Crippen molar-refractivity contribution in [2.75, 3.05) is 33.5 Å². The maximum absolute atomic E-state index is 12.8. The molecule has 0 saturated heterocycles. The average Bonchev–Trinajstić information content (AvgIpc) is 3.21. The average molecular weight is 805 g/mol. The van der Waals surface area contributed by atoms with Crippen LogP contribution in [0.15, 0.2) is 24.3 Å². The Morgan fingerprint density at radius 1 is 0.509 bits per heavy atom. The Bertz CT molecular complexity index is 1150. The van der Waals surface area contributed by atoms with Gasteiger partial charge in [-0.05, 0) is 81.9 Å². The minimum Gasteiger partial charge on any atom is -0.497 e. The van der Waals surface area contributed by atoms with E-state index in [1.165, 1.54) is 25.7 Å². The summed E-state index contributed by atoms with van der Waals surface area (Å²) in [5, 5.41) is 0. The van der Waals surface area contributed by atoms with Gasteiger partial charge >= 0.3 is 23.9 Å². The molecule has 10 nitrogen and oxygen atoms in total. The van der Waals surface area contributed by atoms with E-state index in [1.54, 1.807) is 7.11 Å². The highest BCUT2D eigenvalue weighted by Gasteiger charge is 2.21. The molecule has 0 aliphatic rings. The zero-order chi connectivity index (χ0) is 41.8. The summed E-state index contributed by atoms with van der Waals surface area (Å²) in [6.45, 7) is 9.63. The lowest BCUT2D eigenvalue weighted by molar-refractivity contribution is -0.163. The Kier molecular flexibility index (Phi) is 32.7. The van der Waals surface area contributed by atoms with Crippen LogP contribution in [0.4, 0.5) is 0 Å². The summed E-state index contributed by atoms with van der Waals surface area (Å²) in [6, 6.07) is 7.50. The molecule has 2 unspecified atom stereocenters. The molecular formula is C47H80O10. The Morgan fingerprint density at radius 3 is 1.47 bits per heavy atom. The topological polar surface area (TPSA) is 124 Å². The number of methoxy groups -OCH3 is 1. The predicted octanol–water partition coefficient (Wildman–Crippen LogP) is 11.4. The minimum atomic E-state index is -0.750. The number of hydrogen-bond donors (Lipinski definition) is 0. The molecule has 0 bridgehead atoms. The summed E-state index contributed by atoms with van der Waals surface area (Å²) < 4.78 is 33.6. The summed E-state index contributed by atoms with van der Waals surface area (Å²) in [6.07, 6.45) is 20.6. The molecule has 0 fully saturated rings. The Labute approximate surface area is 346 Å². The van der Waals surface area contributed by atoms with E-state index in [1.807, 2.05) is 24.3 Å². The number of unbranched alkanes of at least 4 members (excludes halogenated alkanes) is 12. The van der Waals surface area contributed by atoms with E-state index in [0.717, 1.165) is 101 Å². The van der Waals surface area contributed by atoms with Gasteiger partial charge in [-0.1, -0.05) is 117 Å². The molecule has 0 radical (unpaired) electrons. The molecule has 0 heterocycles. The van der Waals surface area contributed by atoms with Crippen LogP contribution in [0.25, 0.3) is 0 Å². The molecule has 328 valence electrons. The van der Waals surface area contributed by atoms with E-state index in [9.17, 15) is 19.2 Å². The molecule has 0 saturated carbocycles. The number of benzene rings is 1. The molecule has 10 heteroatoms. The summed E-state index contributed by atoms with van der Waals surface area (Å²) in [7, 11) is 1.61. The molecule has 0 N–H and O–H groups in total. The third kappa shape index (κ3) is 28.0. The first-order chi connectivity index (χ1) is 27.8. The fourth-order valence-electron chi connectivity index (χ4n) is 6.62. The second-order valence-electron chi connectivity index (χ2n) is 15.5. The number of rotatable bonds is 38. The van der Waals surface area contributed by atoms with Crippen molar-refractivity contribution in [3.8, 4) is 5.75 Å². The SMILES string of the molecule is CCCCCCC(CCCC)C(=O)OCCCCCC(=O)OC[C@H](COCc1ccc(OC)cc1)OC(=O)CCCCCOC(=O)C(CCCC)CCCCCC.